The first-order chi connectivity index (χ1) is 10.5. The monoisotopic (exact) mass is 373 g/mol. The Bertz CT molecular complexity index is 670. The molecule has 0 aromatic heterocycles. The number of hydrogen-bond donors (Lipinski definition) is 1. The average Bonchev–Trinajstić information content (AvgIpc) is 2.53. The number of ether oxygens (including phenoxy) is 1. The van der Waals surface area contributed by atoms with E-state index in [2.05, 4.69) is 5.32 Å². The van der Waals surface area contributed by atoms with Crippen LogP contribution in [0.1, 0.15) is 17.2 Å². The van der Waals surface area contributed by atoms with E-state index in [9.17, 15) is 13.2 Å². The Kier molecular flexibility index (Phi) is 4.06. The van der Waals surface area contributed by atoms with E-state index < -0.39 is 11.7 Å². The molecule has 0 aliphatic carbocycles. The maximum absolute atomic E-state index is 12.8. The number of rotatable bonds is 2. The second-order valence-corrected chi connectivity index (χ2v) is 7.22. The molecule has 1 aliphatic rings. The van der Waals surface area contributed by atoms with Crippen molar-refractivity contribution < 1.29 is 17.9 Å². The van der Waals surface area contributed by atoms with Crippen molar-refractivity contribution in [2.45, 2.75) is 17.5 Å². The van der Waals surface area contributed by atoms with E-state index in [4.69, 9.17) is 4.74 Å². The Balaban J connectivity index is 1.85. The van der Waals surface area contributed by atoms with Crippen LogP contribution in [0.2, 0.25) is 5.32 Å². The van der Waals surface area contributed by atoms with Crippen LogP contribution in [-0.4, -0.2) is 22.1 Å². The fourth-order valence-electron chi connectivity index (χ4n) is 2.36. The maximum atomic E-state index is 12.8. The van der Waals surface area contributed by atoms with E-state index in [1.165, 1.54) is 6.07 Å². The predicted octanol–water partition coefficient (Wildman–Crippen LogP) is 3.63. The molecule has 2 aromatic carbocycles. The van der Waals surface area contributed by atoms with Gasteiger partial charge < -0.3 is 0 Å². The van der Waals surface area contributed by atoms with Crippen molar-refractivity contribution in [3.63, 3.8) is 0 Å². The Labute approximate surface area is 132 Å². The molecule has 6 heteroatoms. The first kappa shape index (κ1) is 15.3. The molecule has 0 bridgehead atoms. The molecule has 2 nitrogen and oxygen atoms in total. The summed E-state index contributed by atoms with van der Waals surface area (Å²) in [6.45, 7) is 0. The quantitative estimate of drug-likeness (QED) is 0.813. The third-order valence-electron chi connectivity index (χ3n) is 3.56. The molecular formula is C16H14F3NOSe. The Morgan fingerprint density at radius 1 is 1.14 bits per heavy atom. The van der Waals surface area contributed by atoms with Crippen molar-refractivity contribution >= 4 is 25.1 Å². The van der Waals surface area contributed by atoms with Gasteiger partial charge in [-0.25, -0.2) is 0 Å². The average molecular weight is 372 g/mol. The summed E-state index contributed by atoms with van der Waals surface area (Å²) in [5, 5.41) is 4.15. The van der Waals surface area contributed by atoms with Crippen LogP contribution in [0.25, 0.3) is 0 Å². The van der Waals surface area contributed by atoms with Gasteiger partial charge in [-0.2, -0.15) is 0 Å². The van der Waals surface area contributed by atoms with Gasteiger partial charge >= 0.3 is 132 Å². The van der Waals surface area contributed by atoms with Crippen LogP contribution in [0.3, 0.4) is 0 Å². The van der Waals surface area contributed by atoms with Gasteiger partial charge in [0.05, 0.1) is 0 Å². The second-order valence-electron chi connectivity index (χ2n) is 4.99. The zero-order chi connectivity index (χ0) is 15.7. The molecule has 1 heterocycles. The fourth-order valence-corrected chi connectivity index (χ4v) is 4.59. The summed E-state index contributed by atoms with van der Waals surface area (Å²) in [6.07, 6.45) is -4.31. The van der Waals surface area contributed by atoms with Crippen LogP contribution < -0.4 is 14.5 Å². The molecule has 22 heavy (non-hydrogen) atoms. The molecule has 0 amide bonds. The summed E-state index contributed by atoms with van der Waals surface area (Å²) in [5.41, 5.74) is 1.05. The zero-order valence-corrected chi connectivity index (χ0v) is 13.5. The number of benzene rings is 2. The van der Waals surface area contributed by atoms with Crippen LogP contribution in [0.5, 0.6) is 5.75 Å². The molecule has 0 saturated heterocycles. The van der Waals surface area contributed by atoms with Gasteiger partial charge in [-0.1, -0.05) is 0 Å². The number of methoxy groups -OCH3 is 1. The van der Waals surface area contributed by atoms with E-state index in [1.807, 2.05) is 24.3 Å². The van der Waals surface area contributed by atoms with E-state index >= 15 is 0 Å². The molecule has 0 spiro atoms. The van der Waals surface area contributed by atoms with Gasteiger partial charge in [-0.15, -0.1) is 0 Å². The van der Waals surface area contributed by atoms with Gasteiger partial charge in [0.25, 0.3) is 0 Å². The number of alkyl halides is 3. The standard InChI is InChI=1S/C16H14F3NOSe/c1-21-12-5-2-10(3-6-12)14-9-22-15-7-4-11(16(17,18)19)8-13(15)20-14/h2-8,14,20H,9H2,1H3. The van der Waals surface area contributed by atoms with E-state index in [-0.39, 0.29) is 21.0 Å². The molecule has 1 N–H and O–H groups in total. The Morgan fingerprint density at radius 3 is 2.50 bits per heavy atom. The van der Waals surface area contributed by atoms with Gasteiger partial charge in [0, 0.05) is 0 Å². The van der Waals surface area contributed by atoms with Crippen molar-refractivity contribution in [3.8, 4) is 5.75 Å². The molecule has 0 fully saturated rings. The van der Waals surface area contributed by atoms with Crippen LogP contribution in [0.15, 0.2) is 42.5 Å². The summed E-state index contributed by atoms with van der Waals surface area (Å²) < 4.78 is 44.6. The molecule has 2 aromatic rings. The number of halogens is 3. The van der Waals surface area contributed by atoms with Gasteiger partial charge in [0.2, 0.25) is 0 Å². The zero-order valence-electron chi connectivity index (χ0n) is 11.8. The third-order valence-corrected chi connectivity index (χ3v) is 6.01. The summed E-state index contributed by atoms with van der Waals surface area (Å²) in [5.74, 6) is 0.768. The van der Waals surface area contributed by atoms with Crippen LogP contribution in [-0.2, 0) is 6.18 Å². The van der Waals surface area contributed by atoms with Crippen LogP contribution in [0, 0.1) is 0 Å². The number of nitrogens with one attached hydrogen (secondary N) is 1. The molecule has 1 aliphatic heterocycles. The number of anilines is 1. The van der Waals surface area contributed by atoms with Crippen molar-refractivity contribution in [2.75, 3.05) is 12.4 Å². The van der Waals surface area contributed by atoms with Crippen LogP contribution in [0.4, 0.5) is 18.9 Å². The van der Waals surface area contributed by atoms with Crippen LogP contribution >= 0.6 is 0 Å². The van der Waals surface area contributed by atoms with E-state index in [1.54, 1.807) is 13.2 Å². The fraction of sp³-hybridized carbons (Fsp3) is 0.250. The normalized spacial score (nSPS) is 17.5. The summed E-state index contributed by atoms with van der Waals surface area (Å²) in [7, 11) is 1.60. The van der Waals surface area contributed by atoms with Crippen molar-refractivity contribution in [1.29, 1.82) is 0 Å². The number of hydrogen-bond acceptors (Lipinski definition) is 2. The molecular weight excluding hydrogens is 358 g/mol. The second kappa shape index (κ2) is 5.86. The minimum atomic E-state index is -4.31. The Morgan fingerprint density at radius 2 is 1.86 bits per heavy atom. The summed E-state index contributed by atoms with van der Waals surface area (Å²) >= 11 is 0.162. The predicted molar refractivity (Wildman–Crippen MR) is 81.0 cm³/mol. The van der Waals surface area contributed by atoms with Crippen molar-refractivity contribution in [3.05, 3.63) is 53.6 Å². The van der Waals surface area contributed by atoms with Gasteiger partial charge in [0.1, 0.15) is 0 Å². The van der Waals surface area contributed by atoms with Gasteiger partial charge in [-0.05, 0) is 0 Å². The van der Waals surface area contributed by atoms with E-state index in [0.29, 0.717) is 5.69 Å². The minimum absolute atomic E-state index is 0.0434. The SMILES string of the molecule is COc1ccc(C2C[Se]c3ccc(C(F)(F)F)cc3N2)cc1. The molecule has 0 saturated carbocycles. The third kappa shape index (κ3) is 3.08. The topological polar surface area (TPSA) is 21.3 Å². The molecule has 116 valence electrons. The first-order valence-corrected chi connectivity index (χ1v) is 8.78. The van der Waals surface area contributed by atoms with Crippen molar-refractivity contribution in [1.82, 2.24) is 0 Å². The van der Waals surface area contributed by atoms with Gasteiger partial charge in [0.15, 0.2) is 0 Å². The number of fused-ring (bicyclic) bond motifs is 1. The Hall–Kier alpha value is -1.65. The van der Waals surface area contributed by atoms with Crippen molar-refractivity contribution in [2.24, 2.45) is 0 Å². The molecule has 1 atom stereocenters. The molecule has 1 unspecified atom stereocenters. The molecule has 0 radical (unpaired) electrons. The summed E-state index contributed by atoms with van der Waals surface area (Å²) in [4.78, 5) is 0. The van der Waals surface area contributed by atoms with E-state index in [0.717, 1.165) is 27.2 Å². The summed E-state index contributed by atoms with van der Waals surface area (Å²) in [6, 6.07) is 11.6. The molecule has 3 rings (SSSR count). The van der Waals surface area contributed by atoms with Gasteiger partial charge in [-0.3, -0.25) is 0 Å². The first-order valence-electron chi connectivity index (χ1n) is 6.72.